The summed E-state index contributed by atoms with van der Waals surface area (Å²) >= 11 is 0. The lowest BCUT2D eigenvalue weighted by molar-refractivity contribution is 0.0696. The molecule has 0 saturated carbocycles. The Kier molecular flexibility index (Phi) is 5.83. The Morgan fingerprint density at radius 3 is 2.60 bits per heavy atom. The molecule has 0 aliphatic heterocycles. The third kappa shape index (κ3) is 4.68. The fourth-order valence-electron chi connectivity index (χ4n) is 1.76. The molecule has 5 nitrogen and oxygen atoms in total. The van der Waals surface area contributed by atoms with Gasteiger partial charge in [-0.05, 0) is 30.5 Å². The lowest BCUT2D eigenvalue weighted by Gasteiger charge is -2.14. The maximum absolute atomic E-state index is 11.5. The number of carbonyl (C=O) groups is 1. The van der Waals surface area contributed by atoms with E-state index in [2.05, 4.69) is 0 Å². The summed E-state index contributed by atoms with van der Waals surface area (Å²) in [5, 5.41) is 8.88. The minimum absolute atomic E-state index is 0.0768. The van der Waals surface area contributed by atoms with Gasteiger partial charge in [0.05, 0.1) is 12.2 Å². The molecule has 0 aromatic heterocycles. The van der Waals surface area contributed by atoms with E-state index in [1.807, 2.05) is 13.8 Å². The highest BCUT2D eigenvalue weighted by Crippen LogP contribution is 2.28. The van der Waals surface area contributed by atoms with Gasteiger partial charge in [-0.1, -0.05) is 20.3 Å². The molecule has 0 fully saturated rings. The molecule has 1 N–H and O–H groups in total. The SMILES string of the molecule is CCCC(C)COc1ccc(C(=O)O)cc1S(=O)(=O)Cl. The summed E-state index contributed by atoms with van der Waals surface area (Å²) < 4.78 is 28.4. The Balaban J connectivity index is 3.04. The number of hydrogen-bond donors (Lipinski definition) is 1. The molecule has 0 saturated heterocycles. The van der Waals surface area contributed by atoms with Gasteiger partial charge in [-0.3, -0.25) is 0 Å². The third-order valence-corrected chi connectivity index (χ3v) is 4.10. The van der Waals surface area contributed by atoms with Crippen LogP contribution in [0, 0.1) is 5.92 Å². The van der Waals surface area contributed by atoms with Crippen LogP contribution in [0.15, 0.2) is 23.1 Å². The molecule has 0 aliphatic carbocycles. The standard InChI is InChI=1S/C13H17ClO5S/c1-3-4-9(2)8-19-11-6-5-10(13(15)16)7-12(11)20(14,17)18/h5-7,9H,3-4,8H2,1-2H3,(H,15,16). The largest absolute Gasteiger partial charge is 0.492 e. The van der Waals surface area contributed by atoms with Crippen LogP contribution in [-0.4, -0.2) is 26.1 Å². The minimum Gasteiger partial charge on any atom is -0.492 e. The van der Waals surface area contributed by atoms with Crippen LogP contribution in [0.2, 0.25) is 0 Å². The Bertz CT molecular complexity index is 582. The highest BCUT2D eigenvalue weighted by atomic mass is 35.7. The lowest BCUT2D eigenvalue weighted by Crippen LogP contribution is -2.10. The number of benzene rings is 1. The zero-order valence-corrected chi connectivity index (χ0v) is 12.9. The summed E-state index contributed by atoms with van der Waals surface area (Å²) in [7, 11) is 1.25. The van der Waals surface area contributed by atoms with Crippen LogP contribution in [0.3, 0.4) is 0 Å². The molecule has 0 radical (unpaired) electrons. The van der Waals surface area contributed by atoms with Crippen molar-refractivity contribution in [3.63, 3.8) is 0 Å². The first-order chi connectivity index (χ1) is 9.25. The van der Waals surface area contributed by atoms with Crippen molar-refractivity contribution in [2.24, 2.45) is 5.92 Å². The first-order valence-electron chi connectivity index (χ1n) is 6.20. The summed E-state index contributed by atoms with van der Waals surface area (Å²) in [5.41, 5.74) is -0.154. The maximum atomic E-state index is 11.5. The smallest absolute Gasteiger partial charge is 0.335 e. The average molecular weight is 321 g/mol. The van der Waals surface area contributed by atoms with Gasteiger partial charge >= 0.3 is 5.97 Å². The normalized spacial score (nSPS) is 12.9. The number of carboxylic acids is 1. The van der Waals surface area contributed by atoms with Crippen molar-refractivity contribution in [3.8, 4) is 5.75 Å². The van der Waals surface area contributed by atoms with Crippen LogP contribution in [-0.2, 0) is 9.05 Å². The molecule has 0 aliphatic rings. The summed E-state index contributed by atoms with van der Waals surface area (Å²) in [4.78, 5) is 10.5. The molecule has 1 aromatic carbocycles. The van der Waals surface area contributed by atoms with Crippen LogP contribution in [0.1, 0.15) is 37.0 Å². The molecule has 0 heterocycles. The summed E-state index contributed by atoms with van der Waals surface area (Å²) in [6, 6.07) is 3.61. The quantitative estimate of drug-likeness (QED) is 0.781. The van der Waals surface area contributed by atoms with Gasteiger partial charge < -0.3 is 9.84 Å². The molecule has 0 bridgehead atoms. The number of hydrogen-bond acceptors (Lipinski definition) is 4. The van der Waals surface area contributed by atoms with E-state index in [1.54, 1.807) is 0 Å². The first-order valence-corrected chi connectivity index (χ1v) is 8.51. The van der Waals surface area contributed by atoms with E-state index in [9.17, 15) is 13.2 Å². The molecular weight excluding hydrogens is 304 g/mol. The van der Waals surface area contributed by atoms with Gasteiger partial charge in [0, 0.05) is 10.7 Å². The van der Waals surface area contributed by atoms with Crippen molar-refractivity contribution >= 4 is 25.7 Å². The van der Waals surface area contributed by atoms with E-state index >= 15 is 0 Å². The zero-order chi connectivity index (χ0) is 15.3. The van der Waals surface area contributed by atoms with E-state index in [4.69, 9.17) is 20.5 Å². The average Bonchev–Trinajstić information content (AvgIpc) is 2.35. The van der Waals surface area contributed by atoms with E-state index in [-0.39, 0.29) is 22.1 Å². The van der Waals surface area contributed by atoms with Crippen molar-refractivity contribution in [2.75, 3.05) is 6.61 Å². The van der Waals surface area contributed by atoms with Crippen LogP contribution in [0.25, 0.3) is 0 Å². The van der Waals surface area contributed by atoms with Crippen molar-refractivity contribution in [1.29, 1.82) is 0 Å². The fraction of sp³-hybridized carbons (Fsp3) is 0.462. The molecule has 1 rings (SSSR count). The zero-order valence-electron chi connectivity index (χ0n) is 11.3. The first kappa shape index (κ1) is 16.8. The van der Waals surface area contributed by atoms with E-state index in [0.717, 1.165) is 18.9 Å². The summed E-state index contributed by atoms with van der Waals surface area (Å²) in [6.07, 6.45) is 1.96. The number of ether oxygens (including phenoxy) is 1. The Labute approximate surface area is 122 Å². The van der Waals surface area contributed by atoms with Crippen LogP contribution in [0.4, 0.5) is 0 Å². The lowest BCUT2D eigenvalue weighted by atomic mass is 10.1. The second-order valence-electron chi connectivity index (χ2n) is 4.61. The third-order valence-electron chi connectivity index (χ3n) is 2.76. The number of rotatable bonds is 7. The van der Waals surface area contributed by atoms with Gasteiger partial charge in [0.1, 0.15) is 10.6 Å². The van der Waals surface area contributed by atoms with Gasteiger partial charge in [0.15, 0.2) is 0 Å². The fourth-order valence-corrected chi connectivity index (χ4v) is 2.76. The van der Waals surface area contributed by atoms with Crippen LogP contribution >= 0.6 is 10.7 Å². The van der Waals surface area contributed by atoms with E-state index in [1.165, 1.54) is 12.1 Å². The topological polar surface area (TPSA) is 80.7 Å². The van der Waals surface area contributed by atoms with Crippen LogP contribution in [0.5, 0.6) is 5.75 Å². The summed E-state index contributed by atoms with van der Waals surface area (Å²) in [5.74, 6) is -0.879. The molecule has 0 amide bonds. The predicted molar refractivity (Wildman–Crippen MR) is 76.0 cm³/mol. The van der Waals surface area contributed by atoms with Gasteiger partial charge in [-0.15, -0.1) is 0 Å². The van der Waals surface area contributed by atoms with Crippen molar-refractivity contribution in [2.45, 2.75) is 31.6 Å². The van der Waals surface area contributed by atoms with Crippen molar-refractivity contribution in [1.82, 2.24) is 0 Å². The number of carboxylic acid groups (broad SMARTS) is 1. The molecular formula is C13H17ClO5S. The Morgan fingerprint density at radius 2 is 2.10 bits per heavy atom. The summed E-state index contributed by atoms with van der Waals surface area (Å²) in [6.45, 7) is 4.39. The minimum atomic E-state index is -4.07. The maximum Gasteiger partial charge on any atom is 0.335 e. The van der Waals surface area contributed by atoms with Gasteiger partial charge in [0.25, 0.3) is 9.05 Å². The molecule has 1 atom stereocenters. The van der Waals surface area contributed by atoms with Gasteiger partial charge in [-0.25, -0.2) is 13.2 Å². The van der Waals surface area contributed by atoms with E-state index in [0.29, 0.717) is 6.61 Å². The van der Waals surface area contributed by atoms with Crippen LogP contribution < -0.4 is 4.74 Å². The second-order valence-corrected chi connectivity index (χ2v) is 7.14. The van der Waals surface area contributed by atoms with Crippen molar-refractivity contribution < 1.29 is 23.1 Å². The Hall–Kier alpha value is -1.27. The van der Waals surface area contributed by atoms with Gasteiger partial charge in [-0.2, -0.15) is 0 Å². The van der Waals surface area contributed by atoms with Crippen molar-refractivity contribution in [3.05, 3.63) is 23.8 Å². The Morgan fingerprint density at radius 1 is 1.45 bits per heavy atom. The second kappa shape index (κ2) is 6.95. The number of halogens is 1. The highest BCUT2D eigenvalue weighted by molar-refractivity contribution is 8.13. The monoisotopic (exact) mass is 320 g/mol. The highest BCUT2D eigenvalue weighted by Gasteiger charge is 2.20. The molecule has 1 unspecified atom stereocenters. The molecule has 0 spiro atoms. The number of aromatic carboxylic acids is 1. The molecule has 20 heavy (non-hydrogen) atoms. The van der Waals surface area contributed by atoms with E-state index < -0.39 is 15.0 Å². The van der Waals surface area contributed by atoms with Gasteiger partial charge in [0.2, 0.25) is 0 Å². The molecule has 1 aromatic rings. The predicted octanol–water partition coefficient (Wildman–Crippen LogP) is 3.13. The molecule has 7 heteroatoms. The molecule has 112 valence electrons.